The second kappa shape index (κ2) is 16.4. The normalized spacial score (nSPS) is 18.0. The lowest BCUT2D eigenvalue weighted by atomic mass is 9.91. The Bertz CT molecular complexity index is 2350. The van der Waals surface area contributed by atoms with Crippen molar-refractivity contribution in [3.63, 3.8) is 0 Å². The fraction of sp³-hybridized carbons (Fsp3) is 0.370. The van der Waals surface area contributed by atoms with Crippen molar-refractivity contribution in [2.45, 2.75) is 91.0 Å². The zero-order valence-corrected chi connectivity index (χ0v) is 33.2. The lowest BCUT2D eigenvalue weighted by Crippen LogP contribution is -2.56. The molecule has 3 unspecified atom stereocenters. The number of fused-ring (bicyclic) bond motifs is 2. The molecule has 58 heavy (non-hydrogen) atoms. The van der Waals surface area contributed by atoms with Crippen molar-refractivity contribution in [1.82, 2.24) is 20.2 Å². The Morgan fingerprint density at radius 1 is 0.966 bits per heavy atom. The van der Waals surface area contributed by atoms with E-state index in [2.05, 4.69) is 15.3 Å². The molecule has 3 aliphatic rings. The van der Waals surface area contributed by atoms with E-state index in [-0.39, 0.29) is 37.8 Å². The molecular weight excluding hydrogens is 737 g/mol. The topological polar surface area (TPSA) is 153 Å². The van der Waals surface area contributed by atoms with Crippen molar-refractivity contribution < 1.29 is 38.1 Å². The maximum Gasteiger partial charge on any atom is 0.326 e. The molecule has 1 aliphatic carbocycles. The molecule has 0 saturated heterocycles. The maximum absolute atomic E-state index is 14.2. The molecule has 2 N–H and O–H groups in total. The van der Waals surface area contributed by atoms with Crippen LogP contribution >= 0.6 is 0 Å². The minimum atomic E-state index is -1.25. The van der Waals surface area contributed by atoms with Crippen molar-refractivity contribution in [3.05, 3.63) is 124 Å². The Labute approximate surface area is 337 Å². The fourth-order valence-corrected chi connectivity index (χ4v) is 8.30. The molecule has 0 radical (unpaired) electrons. The number of carboxylic acids is 1. The number of amides is 2. The van der Waals surface area contributed by atoms with Gasteiger partial charge in [-0.05, 0) is 109 Å². The number of carbonyl (C=O) groups excluding carboxylic acids is 2. The molecule has 3 aromatic carbocycles. The van der Waals surface area contributed by atoms with Crippen molar-refractivity contribution in [2.75, 3.05) is 13.2 Å². The lowest BCUT2D eigenvalue weighted by Gasteiger charge is -2.37. The van der Waals surface area contributed by atoms with Crippen LogP contribution in [-0.4, -0.2) is 63.1 Å². The van der Waals surface area contributed by atoms with E-state index in [0.29, 0.717) is 35.7 Å². The molecule has 12 heteroatoms. The number of nitrogens with one attached hydrogen (secondary N) is 1. The number of oxazole rings is 1. The van der Waals surface area contributed by atoms with Crippen LogP contribution in [0.15, 0.2) is 77.3 Å². The van der Waals surface area contributed by atoms with E-state index in [1.807, 2.05) is 80.6 Å². The molecule has 2 amide bonds. The number of aromatic nitrogens is 2. The number of pyridine rings is 1. The molecule has 4 heterocycles. The third kappa shape index (κ3) is 8.14. The summed E-state index contributed by atoms with van der Waals surface area (Å²) in [5, 5.41) is 13.0. The van der Waals surface area contributed by atoms with Crippen LogP contribution in [0.5, 0.6) is 17.2 Å². The number of hydrogen-bond donors (Lipinski definition) is 2. The molecular formula is C46H48N4O8. The van der Waals surface area contributed by atoms with Gasteiger partial charge >= 0.3 is 5.97 Å². The van der Waals surface area contributed by atoms with Crippen LogP contribution in [0.1, 0.15) is 87.4 Å². The van der Waals surface area contributed by atoms with Crippen LogP contribution in [0.4, 0.5) is 0 Å². The number of rotatable bonds is 11. The van der Waals surface area contributed by atoms with Crippen LogP contribution in [0, 0.1) is 33.6 Å². The van der Waals surface area contributed by atoms with Gasteiger partial charge < -0.3 is 34.0 Å². The van der Waals surface area contributed by atoms with Crippen molar-refractivity contribution in [1.29, 1.82) is 0 Å². The van der Waals surface area contributed by atoms with Gasteiger partial charge in [0.15, 0.2) is 29.2 Å². The summed E-state index contributed by atoms with van der Waals surface area (Å²) < 4.78 is 24.5. The summed E-state index contributed by atoms with van der Waals surface area (Å²) >= 11 is 0. The first kappa shape index (κ1) is 38.7. The number of aliphatic carboxylic acids is 1. The van der Waals surface area contributed by atoms with Gasteiger partial charge in [-0.25, -0.2) is 9.78 Å². The molecule has 2 aliphatic heterocycles. The minimum absolute atomic E-state index is 0.0456. The van der Waals surface area contributed by atoms with E-state index in [0.717, 1.165) is 50.4 Å². The molecule has 300 valence electrons. The van der Waals surface area contributed by atoms with E-state index in [9.17, 15) is 19.5 Å². The zero-order chi connectivity index (χ0) is 40.5. The highest BCUT2D eigenvalue weighted by Gasteiger charge is 2.39. The van der Waals surface area contributed by atoms with Crippen LogP contribution in [0.2, 0.25) is 0 Å². The summed E-state index contributed by atoms with van der Waals surface area (Å²) in [4.78, 5) is 51.1. The fourth-order valence-electron chi connectivity index (χ4n) is 8.30. The molecule has 0 spiro atoms. The van der Waals surface area contributed by atoms with Gasteiger partial charge in [-0.1, -0.05) is 49.2 Å². The molecule has 3 atom stereocenters. The highest BCUT2D eigenvalue weighted by atomic mass is 16.6. The number of benzene rings is 3. The highest BCUT2D eigenvalue weighted by molar-refractivity contribution is 5.98. The van der Waals surface area contributed by atoms with Crippen LogP contribution in [-0.2, 0) is 29.0 Å². The third-order valence-corrected chi connectivity index (χ3v) is 11.7. The molecule has 1 saturated carbocycles. The second-order valence-corrected chi connectivity index (χ2v) is 15.7. The SMILES string of the molecule is Cc1nc(C(=O)N2Cc3cc4c(cc3CC2C(=O)NC(Cc2ccc(-c3ccnc(C)c3C)cc2)C(=O)O)OCC(c2cccc(OCC3CCCC3)c2)O4)c(C)o1. The average molecular weight is 785 g/mol. The zero-order valence-electron chi connectivity index (χ0n) is 33.2. The standard InChI is InChI=1S/C46H48N4O8/c1-26-27(2)47-17-16-37(26)32-14-12-30(13-15-32)18-38(46(53)54)49-44(51)39-20-34-21-40-41(22-35(34)23-50(39)45(52)43-28(3)57-29(4)48-43)58-42(25-56-40)33-10-7-11-36(19-33)55-24-31-8-5-6-9-31/h7,10-17,19,21-22,31,38-39,42H,5-6,8-9,18,20,23-25H2,1-4H3,(H,49,51)(H,53,54). The van der Waals surface area contributed by atoms with Crippen molar-refractivity contribution in [3.8, 4) is 28.4 Å². The second-order valence-electron chi connectivity index (χ2n) is 15.7. The van der Waals surface area contributed by atoms with E-state index < -0.39 is 29.9 Å². The summed E-state index contributed by atoms with van der Waals surface area (Å²) in [7, 11) is 0. The van der Waals surface area contributed by atoms with E-state index in [1.54, 1.807) is 20.0 Å². The molecule has 8 rings (SSSR count). The Morgan fingerprint density at radius 2 is 1.74 bits per heavy atom. The maximum atomic E-state index is 14.2. The van der Waals surface area contributed by atoms with E-state index in [4.69, 9.17) is 18.6 Å². The van der Waals surface area contributed by atoms with Gasteiger partial charge in [0.2, 0.25) is 5.91 Å². The highest BCUT2D eigenvalue weighted by Crippen LogP contribution is 2.41. The number of nitrogens with zero attached hydrogens (tertiary/aromatic N) is 3. The van der Waals surface area contributed by atoms with Crippen LogP contribution in [0.25, 0.3) is 11.1 Å². The van der Waals surface area contributed by atoms with Gasteiger partial charge in [0.1, 0.15) is 30.2 Å². The summed E-state index contributed by atoms with van der Waals surface area (Å²) in [5.74, 6) is 0.849. The van der Waals surface area contributed by atoms with Gasteiger partial charge in [0.25, 0.3) is 5.91 Å². The summed E-state index contributed by atoms with van der Waals surface area (Å²) in [6.45, 7) is 8.32. The molecule has 12 nitrogen and oxygen atoms in total. The van der Waals surface area contributed by atoms with Crippen molar-refractivity contribution >= 4 is 17.8 Å². The Hall–Kier alpha value is -6.17. The minimum Gasteiger partial charge on any atom is -0.493 e. The number of aryl methyl sites for hydroxylation is 3. The third-order valence-electron chi connectivity index (χ3n) is 11.7. The Balaban J connectivity index is 1.01. The predicted molar refractivity (Wildman–Crippen MR) is 215 cm³/mol. The molecule has 0 bridgehead atoms. The van der Waals surface area contributed by atoms with Crippen LogP contribution in [0.3, 0.4) is 0 Å². The summed E-state index contributed by atoms with van der Waals surface area (Å²) in [5.41, 5.74) is 7.38. The largest absolute Gasteiger partial charge is 0.493 e. The van der Waals surface area contributed by atoms with E-state index in [1.165, 1.54) is 30.6 Å². The Morgan fingerprint density at radius 3 is 2.48 bits per heavy atom. The lowest BCUT2D eigenvalue weighted by molar-refractivity contribution is -0.142. The van der Waals surface area contributed by atoms with Gasteiger partial charge in [-0.2, -0.15) is 0 Å². The van der Waals surface area contributed by atoms with Crippen molar-refractivity contribution in [2.24, 2.45) is 5.92 Å². The number of ether oxygens (including phenoxy) is 3. The number of hydrogen-bond acceptors (Lipinski definition) is 9. The number of carbonyl (C=O) groups is 3. The molecule has 2 aromatic heterocycles. The molecule has 1 fully saturated rings. The smallest absolute Gasteiger partial charge is 0.326 e. The van der Waals surface area contributed by atoms with Gasteiger partial charge in [-0.3, -0.25) is 14.6 Å². The first-order chi connectivity index (χ1) is 28.0. The number of carboxylic acid groups (broad SMARTS) is 1. The van der Waals surface area contributed by atoms with E-state index >= 15 is 0 Å². The monoisotopic (exact) mass is 784 g/mol. The van der Waals surface area contributed by atoms with Gasteiger partial charge in [0, 0.05) is 38.2 Å². The van der Waals surface area contributed by atoms with Gasteiger partial charge in [0.05, 0.1) is 6.61 Å². The average Bonchev–Trinajstić information content (AvgIpc) is 3.88. The summed E-state index contributed by atoms with van der Waals surface area (Å²) in [6.07, 6.45) is 6.49. The first-order valence-electron chi connectivity index (χ1n) is 20.0. The van der Waals surface area contributed by atoms with Crippen LogP contribution < -0.4 is 19.5 Å². The Kier molecular flexibility index (Phi) is 10.9. The molecule has 5 aromatic rings. The quantitative estimate of drug-likeness (QED) is 0.138. The van der Waals surface area contributed by atoms with Gasteiger partial charge in [-0.15, -0.1) is 0 Å². The summed E-state index contributed by atoms with van der Waals surface area (Å²) in [6, 6.07) is 18.9. The first-order valence-corrected chi connectivity index (χ1v) is 20.0. The predicted octanol–water partition coefficient (Wildman–Crippen LogP) is 7.43.